The van der Waals surface area contributed by atoms with Crippen LogP contribution in [0.3, 0.4) is 0 Å². The summed E-state index contributed by atoms with van der Waals surface area (Å²) in [4.78, 5) is 0. The monoisotopic (exact) mass is 245 g/mol. The van der Waals surface area contributed by atoms with E-state index in [-0.39, 0.29) is 5.56 Å². The normalized spacial score (nSPS) is 12.8. The van der Waals surface area contributed by atoms with Crippen LogP contribution in [0.5, 0.6) is 0 Å². The summed E-state index contributed by atoms with van der Waals surface area (Å²) in [6.07, 6.45) is 0. The van der Waals surface area contributed by atoms with Crippen molar-refractivity contribution in [1.82, 2.24) is 9.59 Å². The molecule has 2 aromatic rings. The van der Waals surface area contributed by atoms with E-state index in [0.29, 0.717) is 5.69 Å². The maximum atomic E-state index is 13.4. The van der Waals surface area contributed by atoms with Gasteiger partial charge in [0.1, 0.15) is 0 Å². The first kappa shape index (κ1) is 11.0. The summed E-state index contributed by atoms with van der Waals surface area (Å²) in [6.45, 7) is 0. The maximum absolute atomic E-state index is 13.4. The number of hydrogen-bond donors (Lipinski definition) is 1. The average Bonchev–Trinajstić information content (AvgIpc) is 2.79. The lowest BCUT2D eigenvalue weighted by molar-refractivity contribution is 0.438. The highest BCUT2D eigenvalue weighted by atomic mass is 32.1. The van der Waals surface area contributed by atoms with Crippen molar-refractivity contribution >= 4 is 11.5 Å². The Hall–Kier alpha value is -1.47. The van der Waals surface area contributed by atoms with Crippen LogP contribution in [0.25, 0.3) is 0 Å². The quantitative estimate of drug-likeness (QED) is 0.823. The molecule has 0 saturated heterocycles. The van der Waals surface area contributed by atoms with E-state index in [1.807, 2.05) is 0 Å². The van der Waals surface area contributed by atoms with Gasteiger partial charge >= 0.3 is 0 Å². The van der Waals surface area contributed by atoms with Gasteiger partial charge in [0, 0.05) is 10.9 Å². The highest BCUT2D eigenvalue weighted by Crippen LogP contribution is 2.24. The van der Waals surface area contributed by atoms with Crippen LogP contribution < -0.4 is 5.73 Å². The van der Waals surface area contributed by atoms with Crippen molar-refractivity contribution in [3.05, 3.63) is 46.2 Å². The number of nitrogens with zero attached hydrogens (tertiary/aromatic N) is 2. The molecule has 0 saturated carbocycles. The molecule has 2 N–H and O–H groups in total. The summed E-state index contributed by atoms with van der Waals surface area (Å²) >= 11 is 1.04. The van der Waals surface area contributed by atoms with E-state index in [0.717, 1.165) is 23.7 Å². The van der Waals surface area contributed by atoms with Crippen LogP contribution in [-0.2, 0) is 0 Å². The summed E-state index contributed by atoms with van der Waals surface area (Å²) < 4.78 is 42.6. The van der Waals surface area contributed by atoms with E-state index in [1.54, 1.807) is 0 Å². The van der Waals surface area contributed by atoms with Crippen molar-refractivity contribution in [2.24, 2.45) is 5.73 Å². The van der Waals surface area contributed by atoms with E-state index < -0.39 is 23.5 Å². The van der Waals surface area contributed by atoms with Crippen molar-refractivity contribution in [1.29, 1.82) is 0 Å². The molecule has 84 valence electrons. The Bertz CT molecular complexity index is 501. The molecule has 0 bridgehead atoms. The Labute approximate surface area is 92.9 Å². The molecule has 0 spiro atoms. The van der Waals surface area contributed by atoms with Gasteiger partial charge in [-0.2, -0.15) is 0 Å². The van der Waals surface area contributed by atoms with Crippen LogP contribution in [0, 0.1) is 17.5 Å². The summed E-state index contributed by atoms with van der Waals surface area (Å²) in [5, 5.41) is 5.17. The highest BCUT2D eigenvalue weighted by Gasteiger charge is 2.20. The Balaban J connectivity index is 2.45. The number of rotatable bonds is 2. The average molecular weight is 245 g/mol. The van der Waals surface area contributed by atoms with Gasteiger partial charge in [-0.25, -0.2) is 13.2 Å². The third-order valence-electron chi connectivity index (χ3n) is 2.10. The minimum Gasteiger partial charge on any atom is -0.319 e. The zero-order chi connectivity index (χ0) is 11.7. The van der Waals surface area contributed by atoms with Crippen molar-refractivity contribution in [2.75, 3.05) is 0 Å². The molecule has 3 nitrogen and oxygen atoms in total. The summed E-state index contributed by atoms with van der Waals surface area (Å²) in [5.41, 5.74) is 5.82. The predicted octanol–water partition coefficient (Wildman–Crippen LogP) is 2.00. The Morgan fingerprint density at radius 3 is 2.56 bits per heavy atom. The van der Waals surface area contributed by atoms with E-state index in [4.69, 9.17) is 5.73 Å². The van der Waals surface area contributed by atoms with Gasteiger partial charge in [-0.3, -0.25) is 0 Å². The van der Waals surface area contributed by atoms with Crippen molar-refractivity contribution < 1.29 is 13.2 Å². The molecular weight excluding hydrogens is 239 g/mol. The summed E-state index contributed by atoms with van der Waals surface area (Å²) in [7, 11) is 0. The second kappa shape index (κ2) is 4.18. The van der Waals surface area contributed by atoms with Crippen LogP contribution in [0.15, 0.2) is 17.5 Å². The highest BCUT2D eigenvalue weighted by molar-refractivity contribution is 7.03. The smallest absolute Gasteiger partial charge is 0.194 e. The molecule has 1 aromatic heterocycles. The second-order valence-corrected chi connectivity index (χ2v) is 3.68. The molecule has 7 heteroatoms. The largest absolute Gasteiger partial charge is 0.319 e. The van der Waals surface area contributed by atoms with Gasteiger partial charge in [0.05, 0.1) is 11.7 Å². The number of hydrogen-bond acceptors (Lipinski definition) is 4. The van der Waals surface area contributed by atoms with Crippen LogP contribution >= 0.6 is 11.5 Å². The standard InChI is InChI=1S/C9H6F3N3S/c10-5-2-1-4(7(11)8(5)12)9(13)6-3-16-15-14-6/h1-3,9H,13H2. The predicted molar refractivity (Wildman–Crippen MR) is 52.3 cm³/mol. The SMILES string of the molecule is NC(c1csnn1)c1ccc(F)c(F)c1F. The molecule has 0 aliphatic carbocycles. The number of aromatic nitrogens is 2. The third-order valence-corrected chi connectivity index (χ3v) is 2.62. The second-order valence-electron chi connectivity index (χ2n) is 3.07. The van der Waals surface area contributed by atoms with E-state index >= 15 is 0 Å². The summed E-state index contributed by atoms with van der Waals surface area (Å²) in [6, 6.07) is 0.972. The molecule has 16 heavy (non-hydrogen) atoms. The third kappa shape index (κ3) is 1.79. The minimum absolute atomic E-state index is 0.147. The van der Waals surface area contributed by atoms with Crippen LogP contribution in [0.4, 0.5) is 13.2 Å². The van der Waals surface area contributed by atoms with Crippen molar-refractivity contribution in [3.8, 4) is 0 Å². The lowest BCUT2D eigenvalue weighted by Gasteiger charge is -2.10. The van der Waals surface area contributed by atoms with Gasteiger partial charge in [0.25, 0.3) is 0 Å². The Morgan fingerprint density at radius 1 is 1.19 bits per heavy atom. The lowest BCUT2D eigenvalue weighted by Crippen LogP contribution is -2.15. The van der Waals surface area contributed by atoms with Crippen LogP contribution in [0.2, 0.25) is 0 Å². The zero-order valence-corrected chi connectivity index (χ0v) is 8.64. The fourth-order valence-electron chi connectivity index (χ4n) is 1.25. The van der Waals surface area contributed by atoms with Gasteiger partial charge < -0.3 is 5.73 Å². The first-order valence-electron chi connectivity index (χ1n) is 4.27. The fraction of sp³-hybridized carbons (Fsp3) is 0.111. The number of halogens is 3. The minimum atomic E-state index is -1.53. The van der Waals surface area contributed by atoms with Crippen molar-refractivity contribution in [2.45, 2.75) is 6.04 Å². The molecule has 1 heterocycles. The molecule has 0 radical (unpaired) electrons. The van der Waals surface area contributed by atoms with Gasteiger partial charge in [-0.05, 0) is 17.6 Å². The topological polar surface area (TPSA) is 51.8 Å². The number of benzene rings is 1. The zero-order valence-electron chi connectivity index (χ0n) is 7.82. The van der Waals surface area contributed by atoms with Crippen LogP contribution in [0.1, 0.15) is 17.3 Å². The maximum Gasteiger partial charge on any atom is 0.194 e. The van der Waals surface area contributed by atoms with Gasteiger partial charge in [0.2, 0.25) is 0 Å². The van der Waals surface area contributed by atoms with Crippen molar-refractivity contribution in [3.63, 3.8) is 0 Å². The first-order valence-corrected chi connectivity index (χ1v) is 5.11. The molecule has 1 atom stereocenters. The molecule has 1 aromatic carbocycles. The van der Waals surface area contributed by atoms with E-state index in [9.17, 15) is 13.2 Å². The van der Waals surface area contributed by atoms with Crippen LogP contribution in [-0.4, -0.2) is 9.59 Å². The van der Waals surface area contributed by atoms with E-state index in [1.165, 1.54) is 5.38 Å². The Morgan fingerprint density at radius 2 is 1.94 bits per heavy atom. The molecule has 0 aliphatic rings. The summed E-state index contributed by atoms with van der Waals surface area (Å²) in [5.74, 6) is -4.07. The fourth-order valence-corrected chi connectivity index (χ4v) is 1.74. The van der Waals surface area contributed by atoms with E-state index in [2.05, 4.69) is 9.59 Å². The molecular formula is C9H6F3N3S. The Kier molecular flexibility index (Phi) is 2.88. The first-order chi connectivity index (χ1) is 7.61. The molecule has 2 rings (SSSR count). The molecule has 0 fully saturated rings. The van der Waals surface area contributed by atoms with Gasteiger partial charge in [-0.15, -0.1) is 5.10 Å². The number of nitrogens with two attached hydrogens (primary N) is 1. The molecule has 0 amide bonds. The molecule has 1 unspecified atom stereocenters. The molecule has 0 aliphatic heterocycles. The lowest BCUT2D eigenvalue weighted by atomic mass is 10.0. The van der Waals surface area contributed by atoms with Gasteiger partial charge in [0.15, 0.2) is 17.5 Å². The van der Waals surface area contributed by atoms with Gasteiger partial charge in [-0.1, -0.05) is 10.6 Å².